The first kappa shape index (κ1) is 18.3. The van der Waals surface area contributed by atoms with Crippen molar-refractivity contribution in [2.24, 2.45) is 0 Å². The Bertz CT molecular complexity index is 783. The van der Waals surface area contributed by atoms with Crippen LogP contribution in [0.2, 0.25) is 0 Å². The van der Waals surface area contributed by atoms with E-state index in [4.69, 9.17) is 4.74 Å². The number of rotatable bonds is 4. The zero-order chi connectivity index (χ0) is 18.8. The lowest BCUT2D eigenvalue weighted by Gasteiger charge is -2.35. The van der Waals surface area contributed by atoms with E-state index in [1.54, 1.807) is 18.2 Å². The van der Waals surface area contributed by atoms with E-state index in [2.05, 4.69) is 9.47 Å². The van der Waals surface area contributed by atoms with Crippen LogP contribution < -0.4 is 4.90 Å². The topological polar surface area (TPSA) is 99.2 Å². The molecule has 2 rings (SSSR count). The molecule has 132 valence electrons. The highest BCUT2D eigenvalue weighted by molar-refractivity contribution is 6.24. The standard InChI is InChI=1S/C17H17NO7/c1-10(19)18-13-8-6-5-7-11(13)15(21)17(18,25-4)12(16(22)24-3)9-14(20)23-2/h5-9H,1-4H3/b12-9-. The predicted molar refractivity (Wildman–Crippen MR) is 85.8 cm³/mol. The number of hydrogen-bond acceptors (Lipinski definition) is 7. The van der Waals surface area contributed by atoms with E-state index in [0.29, 0.717) is 0 Å². The molecule has 1 heterocycles. The van der Waals surface area contributed by atoms with Gasteiger partial charge in [-0.25, -0.2) is 9.59 Å². The number of hydrogen-bond donors (Lipinski definition) is 0. The Hall–Kier alpha value is -3.00. The van der Waals surface area contributed by atoms with Crippen molar-refractivity contribution >= 4 is 29.3 Å². The van der Waals surface area contributed by atoms with E-state index >= 15 is 0 Å². The molecule has 0 bridgehead atoms. The second-order valence-electron chi connectivity index (χ2n) is 5.12. The van der Waals surface area contributed by atoms with Crippen molar-refractivity contribution in [2.75, 3.05) is 26.2 Å². The van der Waals surface area contributed by atoms with Gasteiger partial charge in [0.25, 0.3) is 0 Å². The SMILES string of the molecule is COC(=O)/C=C(/C(=O)OC)C1(OC)C(=O)c2ccccc2N1C(C)=O. The number of esters is 2. The second-order valence-corrected chi connectivity index (χ2v) is 5.12. The maximum atomic E-state index is 13.1. The van der Waals surface area contributed by atoms with Crippen LogP contribution >= 0.6 is 0 Å². The summed E-state index contributed by atoms with van der Waals surface area (Å²) in [5.41, 5.74) is -2.17. The lowest BCUT2D eigenvalue weighted by Crippen LogP contribution is -2.57. The molecular weight excluding hydrogens is 330 g/mol. The third-order valence-corrected chi connectivity index (χ3v) is 3.86. The van der Waals surface area contributed by atoms with E-state index in [9.17, 15) is 19.2 Å². The van der Waals surface area contributed by atoms with E-state index in [1.165, 1.54) is 13.0 Å². The molecule has 8 nitrogen and oxygen atoms in total. The lowest BCUT2D eigenvalue weighted by atomic mass is 9.95. The Morgan fingerprint density at radius 3 is 2.24 bits per heavy atom. The summed E-state index contributed by atoms with van der Waals surface area (Å²) in [6.07, 6.45) is 0.787. The largest absolute Gasteiger partial charge is 0.466 e. The van der Waals surface area contributed by atoms with Gasteiger partial charge in [0.05, 0.1) is 19.9 Å². The minimum atomic E-state index is -2.16. The molecule has 25 heavy (non-hydrogen) atoms. The number of Topliss-reactive ketones (excluding diaryl/α,β-unsaturated/α-hetero) is 1. The number of anilines is 1. The zero-order valence-electron chi connectivity index (χ0n) is 14.2. The molecule has 0 aliphatic carbocycles. The van der Waals surface area contributed by atoms with Crippen LogP contribution in [0, 0.1) is 0 Å². The van der Waals surface area contributed by atoms with Gasteiger partial charge in [-0.15, -0.1) is 0 Å². The van der Waals surface area contributed by atoms with Crippen molar-refractivity contribution in [1.82, 2.24) is 0 Å². The molecule has 1 aromatic rings. The third kappa shape index (κ3) is 2.70. The number of fused-ring (bicyclic) bond motifs is 1. The summed E-state index contributed by atoms with van der Waals surface area (Å²) in [6, 6.07) is 6.29. The Morgan fingerprint density at radius 1 is 1.08 bits per heavy atom. The predicted octanol–water partition coefficient (Wildman–Crippen LogP) is 0.851. The van der Waals surface area contributed by atoms with Crippen LogP contribution in [0.5, 0.6) is 0 Å². The Kier molecular flexibility index (Phi) is 5.03. The normalized spacial score (nSPS) is 19.4. The molecule has 0 N–H and O–H groups in total. The summed E-state index contributed by atoms with van der Waals surface area (Å²) < 4.78 is 14.6. The Morgan fingerprint density at radius 2 is 1.72 bits per heavy atom. The Labute approximate surface area is 143 Å². The average Bonchev–Trinajstić information content (AvgIpc) is 2.88. The molecule has 0 spiro atoms. The molecule has 0 saturated carbocycles. The molecule has 1 atom stereocenters. The molecule has 8 heteroatoms. The van der Waals surface area contributed by atoms with Crippen molar-refractivity contribution in [3.8, 4) is 0 Å². The number of benzene rings is 1. The molecule has 0 aromatic heterocycles. The van der Waals surface area contributed by atoms with Crippen molar-refractivity contribution in [3.63, 3.8) is 0 Å². The molecule has 1 aliphatic heterocycles. The number of carbonyl (C=O) groups excluding carboxylic acids is 4. The highest BCUT2D eigenvalue weighted by Crippen LogP contribution is 2.43. The Balaban J connectivity index is 2.81. The van der Waals surface area contributed by atoms with Gasteiger partial charge in [0.15, 0.2) is 0 Å². The van der Waals surface area contributed by atoms with Gasteiger partial charge in [-0.1, -0.05) is 12.1 Å². The molecule has 0 radical (unpaired) electrons. The number of methoxy groups -OCH3 is 3. The maximum Gasteiger partial charge on any atom is 0.339 e. The highest BCUT2D eigenvalue weighted by Gasteiger charge is 2.59. The van der Waals surface area contributed by atoms with Crippen molar-refractivity contribution < 1.29 is 33.4 Å². The fourth-order valence-electron chi connectivity index (χ4n) is 2.82. The van der Waals surface area contributed by atoms with Gasteiger partial charge in [0.2, 0.25) is 17.4 Å². The fraction of sp³-hybridized carbons (Fsp3) is 0.294. The van der Waals surface area contributed by atoms with Crippen molar-refractivity contribution in [2.45, 2.75) is 12.6 Å². The summed E-state index contributed by atoms with van der Waals surface area (Å²) in [4.78, 5) is 50.4. The van der Waals surface area contributed by atoms with Crippen LogP contribution in [0.25, 0.3) is 0 Å². The molecule has 0 saturated heterocycles. The van der Waals surface area contributed by atoms with Crippen molar-refractivity contribution in [3.05, 3.63) is 41.5 Å². The van der Waals surface area contributed by atoms with Gasteiger partial charge < -0.3 is 14.2 Å². The van der Waals surface area contributed by atoms with Gasteiger partial charge in [-0.05, 0) is 12.1 Å². The molecule has 0 fully saturated rings. The lowest BCUT2D eigenvalue weighted by molar-refractivity contribution is -0.141. The minimum Gasteiger partial charge on any atom is -0.466 e. The van der Waals surface area contributed by atoms with E-state index < -0.39 is 34.9 Å². The minimum absolute atomic E-state index is 0.180. The number of carbonyl (C=O) groups is 4. The number of ketones is 1. The van der Waals surface area contributed by atoms with Crippen LogP contribution in [-0.4, -0.2) is 50.7 Å². The monoisotopic (exact) mass is 347 g/mol. The summed E-state index contributed by atoms with van der Waals surface area (Å²) in [5, 5.41) is 0. The van der Waals surface area contributed by atoms with Crippen LogP contribution in [0.15, 0.2) is 35.9 Å². The first-order valence-electron chi connectivity index (χ1n) is 7.23. The quantitative estimate of drug-likeness (QED) is 0.588. The summed E-state index contributed by atoms with van der Waals surface area (Å²) in [5.74, 6) is -3.12. The summed E-state index contributed by atoms with van der Waals surface area (Å²) >= 11 is 0. The maximum absolute atomic E-state index is 13.1. The van der Waals surface area contributed by atoms with Crippen LogP contribution in [0.4, 0.5) is 5.69 Å². The number of para-hydroxylation sites is 1. The number of amides is 1. The van der Waals surface area contributed by atoms with E-state index in [1.807, 2.05) is 0 Å². The van der Waals surface area contributed by atoms with Gasteiger partial charge in [0, 0.05) is 25.7 Å². The van der Waals surface area contributed by atoms with Crippen LogP contribution in [0.1, 0.15) is 17.3 Å². The first-order chi connectivity index (χ1) is 11.8. The van der Waals surface area contributed by atoms with E-state index in [0.717, 1.165) is 32.3 Å². The van der Waals surface area contributed by atoms with E-state index in [-0.39, 0.29) is 11.3 Å². The first-order valence-corrected chi connectivity index (χ1v) is 7.23. The van der Waals surface area contributed by atoms with Gasteiger partial charge in [-0.2, -0.15) is 0 Å². The third-order valence-electron chi connectivity index (χ3n) is 3.86. The van der Waals surface area contributed by atoms with Crippen molar-refractivity contribution in [1.29, 1.82) is 0 Å². The van der Waals surface area contributed by atoms with Crippen LogP contribution in [-0.2, 0) is 28.6 Å². The highest BCUT2D eigenvalue weighted by atomic mass is 16.5. The molecule has 1 unspecified atom stereocenters. The smallest absolute Gasteiger partial charge is 0.339 e. The summed E-state index contributed by atoms with van der Waals surface area (Å²) in [7, 11) is 3.36. The van der Waals surface area contributed by atoms with Gasteiger partial charge >= 0.3 is 11.9 Å². The number of nitrogens with zero attached hydrogens (tertiary/aromatic N) is 1. The molecule has 1 aliphatic rings. The second kappa shape index (κ2) is 6.86. The molecule has 1 amide bonds. The molecular formula is C17H17NO7. The van der Waals surface area contributed by atoms with Crippen LogP contribution in [0.3, 0.4) is 0 Å². The zero-order valence-corrected chi connectivity index (χ0v) is 14.2. The van der Waals surface area contributed by atoms with Gasteiger partial charge in [-0.3, -0.25) is 14.5 Å². The molecule has 1 aromatic carbocycles. The fourth-order valence-corrected chi connectivity index (χ4v) is 2.82. The average molecular weight is 347 g/mol. The summed E-state index contributed by atoms with van der Waals surface area (Å²) in [6.45, 7) is 1.22. The number of ether oxygens (including phenoxy) is 3. The van der Waals surface area contributed by atoms with Gasteiger partial charge in [0.1, 0.15) is 5.57 Å².